The quantitative estimate of drug-likeness (QED) is 0.505. The number of nitrogens with one attached hydrogen (secondary N) is 2. The number of likely N-dealkylation sites (N-methyl/N-ethyl adjacent to an activating group) is 1. The van der Waals surface area contributed by atoms with Crippen LogP contribution in [0.1, 0.15) is 43.7 Å². The summed E-state index contributed by atoms with van der Waals surface area (Å²) >= 11 is 0. The van der Waals surface area contributed by atoms with Crippen LogP contribution in [0, 0.1) is 0 Å². The lowest BCUT2D eigenvalue weighted by Crippen LogP contribution is -2.44. The van der Waals surface area contributed by atoms with E-state index in [4.69, 9.17) is 4.99 Å². The predicted molar refractivity (Wildman–Crippen MR) is 120 cm³/mol. The number of guanidine groups is 1. The highest BCUT2D eigenvalue weighted by Gasteiger charge is 2.40. The van der Waals surface area contributed by atoms with Crippen LogP contribution >= 0.6 is 0 Å². The maximum absolute atomic E-state index is 13.2. The third-order valence-electron chi connectivity index (χ3n) is 6.53. The molecule has 5 nitrogen and oxygen atoms in total. The Bertz CT molecular complexity index is 730. The van der Waals surface area contributed by atoms with E-state index in [0.29, 0.717) is 6.54 Å². The van der Waals surface area contributed by atoms with Crippen LogP contribution in [-0.4, -0.2) is 75.2 Å². The van der Waals surface area contributed by atoms with Crippen molar-refractivity contribution in [1.82, 2.24) is 20.4 Å². The summed E-state index contributed by atoms with van der Waals surface area (Å²) in [5, 5.41) is 6.69. The third kappa shape index (κ3) is 6.59. The summed E-state index contributed by atoms with van der Waals surface area (Å²) in [6.45, 7) is 9.44. The van der Waals surface area contributed by atoms with E-state index in [1.807, 2.05) is 13.0 Å². The van der Waals surface area contributed by atoms with Crippen LogP contribution in [-0.2, 0) is 11.6 Å². The molecule has 0 bridgehead atoms. The molecule has 0 atom stereocenters. The summed E-state index contributed by atoms with van der Waals surface area (Å²) in [7, 11) is 2.17. The number of hydrogen-bond acceptors (Lipinski definition) is 3. The van der Waals surface area contributed by atoms with Crippen LogP contribution in [0.25, 0.3) is 0 Å². The number of nitrogens with zero attached hydrogens (tertiary/aromatic N) is 3. The van der Waals surface area contributed by atoms with Crippen molar-refractivity contribution in [3.05, 3.63) is 35.4 Å². The number of rotatable bonds is 7. The van der Waals surface area contributed by atoms with Crippen molar-refractivity contribution >= 4 is 5.96 Å². The smallest absolute Gasteiger partial charge is 0.357 e. The minimum atomic E-state index is -4.32. The minimum absolute atomic E-state index is 0.293. The first kappa shape index (κ1) is 23.9. The first-order valence-electron chi connectivity index (χ1n) is 11.4. The van der Waals surface area contributed by atoms with E-state index < -0.39 is 11.7 Å². The second-order valence-corrected chi connectivity index (χ2v) is 8.83. The molecule has 1 saturated carbocycles. The van der Waals surface area contributed by atoms with Crippen molar-refractivity contribution in [2.45, 2.75) is 44.2 Å². The summed E-state index contributed by atoms with van der Waals surface area (Å²) in [6.07, 6.45) is -0.358. The molecule has 1 aliphatic carbocycles. The van der Waals surface area contributed by atoms with Crippen molar-refractivity contribution in [3.63, 3.8) is 0 Å². The number of hydrogen-bond donors (Lipinski definition) is 2. The van der Waals surface area contributed by atoms with E-state index in [-0.39, 0.29) is 5.41 Å². The van der Waals surface area contributed by atoms with Crippen LogP contribution in [0.15, 0.2) is 29.3 Å². The first-order valence-corrected chi connectivity index (χ1v) is 11.4. The van der Waals surface area contributed by atoms with Gasteiger partial charge in [0, 0.05) is 38.1 Å². The largest absolute Gasteiger partial charge is 0.416 e. The summed E-state index contributed by atoms with van der Waals surface area (Å²) in [5.74, 6) is 0.743. The van der Waals surface area contributed by atoms with Gasteiger partial charge in [0.15, 0.2) is 5.96 Å². The molecule has 0 unspecified atom stereocenters. The van der Waals surface area contributed by atoms with E-state index in [0.717, 1.165) is 82.7 Å². The standard InChI is InChI=1S/C23H36F3N5/c1-3-27-21(28-11-14-31-13-6-12-30(2)15-16-31)29-18-22(9-5-10-22)19-7-4-8-20(17-19)23(24,25)26/h4,7-8,17H,3,5-6,9-16,18H2,1-2H3,(H2,27,28,29). The molecule has 2 aliphatic rings. The van der Waals surface area contributed by atoms with Gasteiger partial charge in [-0.15, -0.1) is 0 Å². The van der Waals surface area contributed by atoms with Gasteiger partial charge in [-0.05, 0) is 58.0 Å². The van der Waals surface area contributed by atoms with E-state index in [1.54, 1.807) is 0 Å². The van der Waals surface area contributed by atoms with Crippen LogP contribution < -0.4 is 10.6 Å². The van der Waals surface area contributed by atoms with Gasteiger partial charge in [0.05, 0.1) is 12.1 Å². The Labute approximate surface area is 184 Å². The highest BCUT2D eigenvalue weighted by molar-refractivity contribution is 5.79. The van der Waals surface area contributed by atoms with Crippen molar-refractivity contribution in [1.29, 1.82) is 0 Å². The number of alkyl halides is 3. The van der Waals surface area contributed by atoms with E-state index in [9.17, 15) is 13.2 Å². The maximum atomic E-state index is 13.2. The normalized spacial score (nSPS) is 20.7. The molecular formula is C23H36F3N5. The van der Waals surface area contributed by atoms with Crippen molar-refractivity contribution in [2.24, 2.45) is 4.99 Å². The molecule has 1 aliphatic heterocycles. The van der Waals surface area contributed by atoms with Gasteiger partial charge in [-0.1, -0.05) is 24.6 Å². The highest BCUT2D eigenvalue weighted by atomic mass is 19.4. The summed E-state index contributed by atoms with van der Waals surface area (Å²) < 4.78 is 39.5. The van der Waals surface area contributed by atoms with Gasteiger partial charge in [-0.2, -0.15) is 13.2 Å². The van der Waals surface area contributed by atoms with Gasteiger partial charge in [0.2, 0.25) is 0 Å². The fourth-order valence-corrected chi connectivity index (χ4v) is 4.40. The van der Waals surface area contributed by atoms with E-state index in [1.165, 1.54) is 18.6 Å². The Hall–Kier alpha value is -1.80. The molecule has 31 heavy (non-hydrogen) atoms. The highest BCUT2D eigenvalue weighted by Crippen LogP contribution is 2.45. The molecule has 3 rings (SSSR count). The average Bonchev–Trinajstić information content (AvgIpc) is 2.91. The van der Waals surface area contributed by atoms with Crippen LogP contribution in [0.3, 0.4) is 0 Å². The van der Waals surface area contributed by atoms with Crippen LogP contribution in [0.5, 0.6) is 0 Å². The van der Waals surface area contributed by atoms with Gasteiger partial charge >= 0.3 is 6.18 Å². The van der Waals surface area contributed by atoms with Crippen molar-refractivity contribution in [2.75, 3.05) is 59.4 Å². The zero-order valence-electron chi connectivity index (χ0n) is 18.8. The second-order valence-electron chi connectivity index (χ2n) is 8.83. The van der Waals surface area contributed by atoms with Gasteiger partial charge in [-0.3, -0.25) is 4.99 Å². The van der Waals surface area contributed by atoms with Gasteiger partial charge in [0.1, 0.15) is 0 Å². The molecule has 0 amide bonds. The second kappa shape index (κ2) is 10.7. The Morgan fingerprint density at radius 3 is 2.58 bits per heavy atom. The Kier molecular flexibility index (Phi) is 8.22. The topological polar surface area (TPSA) is 42.9 Å². The molecule has 0 spiro atoms. The maximum Gasteiger partial charge on any atom is 0.416 e. The molecule has 2 fully saturated rings. The Morgan fingerprint density at radius 2 is 1.90 bits per heavy atom. The molecule has 1 heterocycles. The van der Waals surface area contributed by atoms with Crippen LogP contribution in [0.2, 0.25) is 0 Å². The van der Waals surface area contributed by atoms with Crippen molar-refractivity contribution < 1.29 is 13.2 Å². The fourth-order valence-electron chi connectivity index (χ4n) is 4.40. The van der Waals surface area contributed by atoms with Crippen LogP contribution in [0.4, 0.5) is 13.2 Å². The molecule has 2 N–H and O–H groups in total. The minimum Gasteiger partial charge on any atom is -0.357 e. The summed E-state index contributed by atoms with van der Waals surface area (Å²) in [4.78, 5) is 9.61. The molecule has 8 heteroatoms. The SMILES string of the molecule is CCNC(=NCC1(c2cccc(C(F)(F)F)c2)CCC1)NCCN1CCCN(C)CC1. The zero-order chi connectivity index (χ0) is 22.3. The van der Waals surface area contributed by atoms with E-state index in [2.05, 4.69) is 27.5 Å². The Balaban J connectivity index is 1.60. The van der Waals surface area contributed by atoms with Gasteiger partial charge in [0.25, 0.3) is 0 Å². The number of aliphatic imine (C=N–C) groups is 1. The summed E-state index contributed by atoms with van der Waals surface area (Å²) in [5.41, 5.74) is -0.117. The van der Waals surface area contributed by atoms with E-state index >= 15 is 0 Å². The van der Waals surface area contributed by atoms with Gasteiger partial charge in [-0.25, -0.2) is 0 Å². The Morgan fingerprint density at radius 1 is 1.10 bits per heavy atom. The third-order valence-corrected chi connectivity index (χ3v) is 6.53. The molecule has 1 aromatic carbocycles. The predicted octanol–water partition coefficient (Wildman–Crippen LogP) is 3.32. The molecule has 0 radical (unpaired) electrons. The van der Waals surface area contributed by atoms with Gasteiger partial charge < -0.3 is 20.4 Å². The summed E-state index contributed by atoms with van der Waals surface area (Å²) in [6, 6.07) is 5.79. The average molecular weight is 440 g/mol. The molecule has 1 saturated heterocycles. The lowest BCUT2D eigenvalue weighted by Gasteiger charge is -2.41. The zero-order valence-corrected chi connectivity index (χ0v) is 18.8. The van der Waals surface area contributed by atoms with Crippen molar-refractivity contribution in [3.8, 4) is 0 Å². The lowest BCUT2D eigenvalue weighted by atomic mass is 9.64. The molecule has 0 aromatic heterocycles. The molecule has 174 valence electrons. The molecule has 1 aromatic rings. The number of halogens is 3. The monoisotopic (exact) mass is 439 g/mol. The molecular weight excluding hydrogens is 403 g/mol. The lowest BCUT2D eigenvalue weighted by molar-refractivity contribution is -0.137. The first-order chi connectivity index (χ1) is 14.8. The fraction of sp³-hybridized carbons (Fsp3) is 0.696. The number of benzene rings is 1.